The zero-order valence-corrected chi connectivity index (χ0v) is 19.9. The maximum Gasteiger partial charge on any atom is 0.415 e. The predicted molar refractivity (Wildman–Crippen MR) is 128 cm³/mol. The van der Waals surface area contributed by atoms with Gasteiger partial charge in [0.1, 0.15) is 30.3 Å². The summed E-state index contributed by atoms with van der Waals surface area (Å²) in [7, 11) is 0. The van der Waals surface area contributed by atoms with Crippen LogP contribution >= 0.6 is 0 Å². The molecule has 9 heteroatoms. The maximum absolute atomic E-state index is 13.0. The molecule has 36 heavy (non-hydrogen) atoms. The number of carbonyl (C=O) groups is 3. The van der Waals surface area contributed by atoms with Gasteiger partial charge in [-0.3, -0.25) is 9.59 Å². The Morgan fingerprint density at radius 2 is 1.89 bits per heavy atom. The molecular weight excluding hydrogens is 462 g/mol. The molecule has 0 bridgehead atoms. The van der Waals surface area contributed by atoms with Crippen LogP contribution in [0.4, 0.5) is 4.79 Å². The molecule has 0 aliphatic carbocycles. The number of nitrogens with zero attached hydrogens (tertiary/aromatic N) is 2. The Kier molecular flexibility index (Phi) is 6.00. The molecule has 0 spiro atoms. The van der Waals surface area contributed by atoms with Crippen molar-refractivity contribution in [2.24, 2.45) is 0 Å². The van der Waals surface area contributed by atoms with Crippen molar-refractivity contribution in [2.75, 3.05) is 13.2 Å². The number of rotatable bonds is 5. The number of nitrogens with one attached hydrogen (secondary N) is 1. The summed E-state index contributed by atoms with van der Waals surface area (Å²) in [6.45, 7) is 1.34. The van der Waals surface area contributed by atoms with Crippen LogP contribution in [0, 0.1) is 0 Å². The average molecular weight is 492 g/mol. The van der Waals surface area contributed by atoms with Crippen LogP contribution in [0.5, 0.6) is 11.5 Å². The lowest BCUT2D eigenvalue weighted by Crippen LogP contribution is -2.47. The molecule has 4 atom stereocenters. The molecule has 2 aromatic rings. The van der Waals surface area contributed by atoms with Gasteiger partial charge in [-0.2, -0.15) is 0 Å². The van der Waals surface area contributed by atoms with E-state index in [1.807, 2.05) is 24.3 Å². The SMILES string of the molecule is O=C1NC2OC2CCC1N1Cc2cc(OC[C@@H]3CCCCN3C(=O)Oc3ccccc3)ccc2C1=O. The molecule has 3 amide bonds. The van der Waals surface area contributed by atoms with Crippen molar-refractivity contribution in [1.82, 2.24) is 15.1 Å². The van der Waals surface area contributed by atoms with Crippen LogP contribution in [0.3, 0.4) is 0 Å². The van der Waals surface area contributed by atoms with Crippen LogP contribution in [0.15, 0.2) is 48.5 Å². The summed E-state index contributed by atoms with van der Waals surface area (Å²) in [5.74, 6) is 0.880. The molecule has 1 N–H and O–H groups in total. The average Bonchev–Trinajstić information content (AvgIpc) is 3.58. The van der Waals surface area contributed by atoms with E-state index in [0.29, 0.717) is 43.2 Å². The molecule has 188 valence electrons. The van der Waals surface area contributed by atoms with Gasteiger partial charge in [-0.05, 0) is 68.0 Å². The molecule has 2 aromatic carbocycles. The molecule has 0 radical (unpaired) electrons. The van der Waals surface area contributed by atoms with Crippen molar-refractivity contribution in [3.05, 3.63) is 59.7 Å². The molecular formula is C27H29N3O6. The Labute approximate surface area is 209 Å². The number of hydrogen-bond acceptors (Lipinski definition) is 6. The predicted octanol–water partition coefficient (Wildman–Crippen LogP) is 3.08. The maximum atomic E-state index is 13.0. The van der Waals surface area contributed by atoms with Gasteiger partial charge in [0, 0.05) is 18.7 Å². The minimum Gasteiger partial charge on any atom is -0.491 e. The van der Waals surface area contributed by atoms with Gasteiger partial charge in [-0.15, -0.1) is 0 Å². The fraction of sp³-hybridized carbons (Fsp3) is 0.444. The second kappa shape index (κ2) is 9.46. The zero-order valence-electron chi connectivity index (χ0n) is 19.9. The third kappa shape index (κ3) is 4.51. The zero-order chi connectivity index (χ0) is 24.6. The van der Waals surface area contributed by atoms with Crippen molar-refractivity contribution in [3.63, 3.8) is 0 Å². The van der Waals surface area contributed by atoms with Gasteiger partial charge in [-0.25, -0.2) is 4.79 Å². The van der Waals surface area contributed by atoms with Gasteiger partial charge in [0.2, 0.25) is 5.91 Å². The monoisotopic (exact) mass is 491 g/mol. The first-order valence-electron chi connectivity index (χ1n) is 12.6. The van der Waals surface area contributed by atoms with E-state index < -0.39 is 6.04 Å². The number of hydrogen-bond donors (Lipinski definition) is 1. The highest BCUT2D eigenvalue weighted by molar-refractivity contribution is 6.01. The van der Waals surface area contributed by atoms with Gasteiger partial charge < -0.3 is 29.3 Å². The molecule has 4 aliphatic heterocycles. The van der Waals surface area contributed by atoms with Crippen molar-refractivity contribution in [1.29, 1.82) is 0 Å². The molecule has 9 nitrogen and oxygen atoms in total. The van der Waals surface area contributed by atoms with E-state index in [1.165, 1.54) is 0 Å². The first-order chi connectivity index (χ1) is 17.6. The van der Waals surface area contributed by atoms with E-state index in [1.54, 1.807) is 34.1 Å². The van der Waals surface area contributed by atoms with E-state index in [9.17, 15) is 14.4 Å². The van der Waals surface area contributed by atoms with E-state index in [-0.39, 0.29) is 36.3 Å². The standard InChI is InChI=1S/C27H29N3O6/c31-24-22(11-12-23-25(28-24)36-23)30-15-17-14-20(9-10-21(17)26(30)32)34-16-18-6-4-5-13-29(18)27(33)35-19-7-2-1-3-8-19/h1-3,7-10,14,18,22-23,25H,4-6,11-13,15-16H2,(H,28,31)/t18-,22?,23?,25?/m0/s1. The highest BCUT2D eigenvalue weighted by Gasteiger charge is 2.47. The number of benzene rings is 2. The Morgan fingerprint density at radius 3 is 2.75 bits per heavy atom. The van der Waals surface area contributed by atoms with Gasteiger partial charge >= 0.3 is 6.09 Å². The smallest absolute Gasteiger partial charge is 0.415 e. The molecule has 6 rings (SSSR count). The number of carbonyl (C=O) groups excluding carboxylic acids is 3. The van der Waals surface area contributed by atoms with Crippen molar-refractivity contribution >= 4 is 17.9 Å². The van der Waals surface area contributed by atoms with Crippen LogP contribution in [-0.2, 0) is 16.1 Å². The molecule has 0 aromatic heterocycles. The largest absolute Gasteiger partial charge is 0.491 e. The second-order valence-electron chi connectivity index (χ2n) is 9.78. The number of piperidine rings is 1. The van der Waals surface area contributed by atoms with Crippen molar-refractivity contribution in [2.45, 2.75) is 63.1 Å². The summed E-state index contributed by atoms with van der Waals surface area (Å²) in [5, 5.41) is 2.86. The number of amides is 3. The summed E-state index contributed by atoms with van der Waals surface area (Å²) in [4.78, 5) is 41.9. The Morgan fingerprint density at radius 1 is 1.03 bits per heavy atom. The normalized spacial score (nSPS) is 27.0. The third-order valence-electron chi connectivity index (χ3n) is 7.43. The Hall–Kier alpha value is -3.59. The molecule has 3 unspecified atom stereocenters. The first kappa shape index (κ1) is 22.8. The number of likely N-dealkylation sites (tertiary alicyclic amines) is 1. The van der Waals surface area contributed by atoms with Crippen LogP contribution in [0.1, 0.15) is 48.0 Å². The van der Waals surface area contributed by atoms with Gasteiger partial charge in [-0.1, -0.05) is 18.2 Å². The molecule has 4 heterocycles. The number of epoxide rings is 1. The number of para-hydroxylation sites is 1. The van der Waals surface area contributed by atoms with E-state index in [0.717, 1.165) is 31.2 Å². The van der Waals surface area contributed by atoms with Crippen LogP contribution in [0.25, 0.3) is 0 Å². The molecule has 4 aliphatic rings. The minimum absolute atomic E-state index is 0.0726. The summed E-state index contributed by atoms with van der Waals surface area (Å²) in [6, 6.07) is 13.9. The molecule has 3 fully saturated rings. The summed E-state index contributed by atoms with van der Waals surface area (Å²) < 4.78 is 17.0. The van der Waals surface area contributed by atoms with E-state index >= 15 is 0 Å². The van der Waals surface area contributed by atoms with Crippen molar-refractivity contribution in [3.8, 4) is 11.5 Å². The fourth-order valence-electron chi connectivity index (χ4n) is 5.39. The quantitative estimate of drug-likeness (QED) is 0.646. The van der Waals surface area contributed by atoms with E-state index in [4.69, 9.17) is 14.2 Å². The highest BCUT2D eigenvalue weighted by Crippen LogP contribution is 2.34. The lowest BCUT2D eigenvalue weighted by molar-refractivity contribution is -0.126. The van der Waals surface area contributed by atoms with Crippen molar-refractivity contribution < 1.29 is 28.6 Å². The Balaban J connectivity index is 1.09. The molecule has 3 saturated heterocycles. The van der Waals surface area contributed by atoms with E-state index in [2.05, 4.69) is 5.32 Å². The topological polar surface area (TPSA) is 101 Å². The van der Waals surface area contributed by atoms with Gasteiger partial charge in [0.15, 0.2) is 6.23 Å². The first-order valence-corrected chi connectivity index (χ1v) is 12.6. The van der Waals surface area contributed by atoms with Crippen LogP contribution < -0.4 is 14.8 Å². The highest BCUT2D eigenvalue weighted by atomic mass is 16.6. The summed E-state index contributed by atoms with van der Waals surface area (Å²) in [5.41, 5.74) is 1.45. The minimum atomic E-state index is -0.489. The summed E-state index contributed by atoms with van der Waals surface area (Å²) in [6.07, 6.45) is 3.64. The van der Waals surface area contributed by atoms with Crippen LogP contribution in [0.2, 0.25) is 0 Å². The van der Waals surface area contributed by atoms with Crippen LogP contribution in [-0.4, -0.2) is 65.3 Å². The molecule has 0 saturated carbocycles. The van der Waals surface area contributed by atoms with Gasteiger partial charge in [0.05, 0.1) is 6.04 Å². The second-order valence-corrected chi connectivity index (χ2v) is 9.78. The number of fused-ring (bicyclic) bond motifs is 2. The Bertz CT molecular complexity index is 1170. The lowest BCUT2D eigenvalue weighted by Gasteiger charge is -2.34. The summed E-state index contributed by atoms with van der Waals surface area (Å²) >= 11 is 0. The lowest BCUT2D eigenvalue weighted by atomic mass is 10.0. The third-order valence-corrected chi connectivity index (χ3v) is 7.43. The fourth-order valence-corrected chi connectivity index (χ4v) is 5.39. The van der Waals surface area contributed by atoms with Gasteiger partial charge in [0.25, 0.3) is 5.91 Å². The number of ether oxygens (including phenoxy) is 3.